The highest BCUT2D eigenvalue weighted by Crippen LogP contribution is 2.27. The lowest BCUT2D eigenvalue weighted by molar-refractivity contribution is -0.0222. The molecule has 1 aliphatic rings. The third-order valence-electron chi connectivity index (χ3n) is 3.10. The highest BCUT2D eigenvalue weighted by atomic mass is 79.9. The molecule has 0 aromatic carbocycles. The van der Waals surface area contributed by atoms with Gasteiger partial charge in [0.05, 0.1) is 6.10 Å². The average Bonchev–Trinajstić information content (AvgIpc) is 2.63. The number of rotatable bonds is 3. The summed E-state index contributed by atoms with van der Waals surface area (Å²) in [7, 11) is 0. The zero-order chi connectivity index (χ0) is 10.7. The highest BCUT2D eigenvalue weighted by molar-refractivity contribution is 9.10. The van der Waals surface area contributed by atoms with E-state index in [0.29, 0.717) is 18.6 Å². The van der Waals surface area contributed by atoms with Gasteiger partial charge < -0.3 is 9.15 Å². The highest BCUT2D eigenvalue weighted by Gasteiger charge is 2.21. The minimum Gasteiger partial charge on any atom is -0.452 e. The van der Waals surface area contributed by atoms with E-state index in [1.807, 2.05) is 12.1 Å². The number of halogens is 1. The van der Waals surface area contributed by atoms with Crippen LogP contribution in [-0.2, 0) is 11.3 Å². The molecule has 84 valence electrons. The van der Waals surface area contributed by atoms with E-state index in [2.05, 4.69) is 22.9 Å². The van der Waals surface area contributed by atoms with Crippen LogP contribution in [0.15, 0.2) is 21.2 Å². The van der Waals surface area contributed by atoms with Gasteiger partial charge in [0, 0.05) is 0 Å². The molecule has 1 aromatic rings. The van der Waals surface area contributed by atoms with Crippen LogP contribution in [-0.4, -0.2) is 6.10 Å². The van der Waals surface area contributed by atoms with Gasteiger partial charge in [0.25, 0.3) is 0 Å². The van der Waals surface area contributed by atoms with Crippen molar-refractivity contribution in [2.75, 3.05) is 0 Å². The molecular weight excluding hydrogens is 256 g/mol. The van der Waals surface area contributed by atoms with Crippen molar-refractivity contribution in [3.8, 4) is 0 Å². The van der Waals surface area contributed by atoms with Gasteiger partial charge in [-0.15, -0.1) is 0 Å². The van der Waals surface area contributed by atoms with E-state index in [-0.39, 0.29) is 0 Å². The molecule has 1 heterocycles. The molecule has 15 heavy (non-hydrogen) atoms. The van der Waals surface area contributed by atoms with Crippen LogP contribution in [0.25, 0.3) is 0 Å². The van der Waals surface area contributed by atoms with Gasteiger partial charge in [0.1, 0.15) is 12.4 Å². The quantitative estimate of drug-likeness (QED) is 0.825. The molecule has 2 rings (SSSR count). The maximum atomic E-state index is 5.88. The Kier molecular flexibility index (Phi) is 3.87. The molecule has 0 aliphatic heterocycles. The molecule has 0 spiro atoms. The molecule has 0 N–H and O–H groups in total. The van der Waals surface area contributed by atoms with Crippen LogP contribution in [0, 0.1) is 5.92 Å². The summed E-state index contributed by atoms with van der Waals surface area (Å²) in [5.41, 5.74) is 0. The van der Waals surface area contributed by atoms with Crippen molar-refractivity contribution in [3.63, 3.8) is 0 Å². The van der Waals surface area contributed by atoms with E-state index in [1.165, 1.54) is 25.7 Å². The van der Waals surface area contributed by atoms with Gasteiger partial charge in [-0.1, -0.05) is 19.8 Å². The summed E-state index contributed by atoms with van der Waals surface area (Å²) in [6.45, 7) is 2.88. The van der Waals surface area contributed by atoms with Gasteiger partial charge in [-0.3, -0.25) is 0 Å². The Balaban J connectivity index is 1.81. The van der Waals surface area contributed by atoms with Crippen molar-refractivity contribution in [3.05, 3.63) is 22.6 Å². The number of furan rings is 1. The standard InChI is InChI=1S/C12H17BrO2/c1-9-4-2-3-5-11(9)14-8-10-6-7-12(13)15-10/h6-7,9,11H,2-5,8H2,1H3. The SMILES string of the molecule is CC1CCCCC1OCc1ccc(Br)o1. The normalized spacial score (nSPS) is 26.8. The lowest BCUT2D eigenvalue weighted by atomic mass is 9.88. The largest absolute Gasteiger partial charge is 0.452 e. The van der Waals surface area contributed by atoms with Crippen LogP contribution < -0.4 is 0 Å². The Morgan fingerprint density at radius 1 is 1.40 bits per heavy atom. The zero-order valence-electron chi connectivity index (χ0n) is 9.04. The predicted octanol–water partition coefficient (Wildman–Crippen LogP) is 4.14. The molecule has 2 atom stereocenters. The van der Waals surface area contributed by atoms with Gasteiger partial charge in [-0.05, 0) is 46.8 Å². The molecule has 0 radical (unpaired) electrons. The van der Waals surface area contributed by atoms with E-state index in [9.17, 15) is 0 Å². The van der Waals surface area contributed by atoms with Crippen LogP contribution in [0.3, 0.4) is 0 Å². The fourth-order valence-corrected chi connectivity index (χ4v) is 2.49. The molecule has 0 amide bonds. The van der Waals surface area contributed by atoms with Crippen LogP contribution in [0.4, 0.5) is 0 Å². The summed E-state index contributed by atoms with van der Waals surface area (Å²) in [6, 6.07) is 3.86. The van der Waals surface area contributed by atoms with Gasteiger partial charge in [-0.2, -0.15) is 0 Å². The molecule has 1 aromatic heterocycles. The fourth-order valence-electron chi connectivity index (χ4n) is 2.15. The summed E-state index contributed by atoms with van der Waals surface area (Å²) in [5.74, 6) is 1.59. The van der Waals surface area contributed by atoms with Crippen LogP contribution in [0.1, 0.15) is 38.4 Å². The Morgan fingerprint density at radius 2 is 2.20 bits per heavy atom. The summed E-state index contributed by atoms with van der Waals surface area (Å²) in [5, 5.41) is 0. The first-order chi connectivity index (χ1) is 7.25. The first kappa shape index (κ1) is 11.2. The van der Waals surface area contributed by atoms with E-state index in [0.717, 1.165) is 10.4 Å². The molecule has 1 aliphatic carbocycles. The molecule has 2 nitrogen and oxygen atoms in total. The second-order valence-corrected chi connectivity index (χ2v) is 5.10. The third kappa shape index (κ3) is 3.08. The summed E-state index contributed by atoms with van der Waals surface area (Å²) in [4.78, 5) is 0. The van der Waals surface area contributed by atoms with Crippen molar-refractivity contribution in [2.45, 2.75) is 45.3 Å². The van der Waals surface area contributed by atoms with Crippen molar-refractivity contribution < 1.29 is 9.15 Å². The number of hydrogen-bond acceptors (Lipinski definition) is 2. The van der Waals surface area contributed by atoms with Crippen LogP contribution in [0.5, 0.6) is 0 Å². The Bertz CT molecular complexity index is 308. The lowest BCUT2D eigenvalue weighted by Crippen LogP contribution is -2.25. The maximum absolute atomic E-state index is 5.88. The Hall–Kier alpha value is -0.280. The number of ether oxygens (including phenoxy) is 1. The van der Waals surface area contributed by atoms with Gasteiger partial charge in [-0.25, -0.2) is 0 Å². The van der Waals surface area contributed by atoms with Crippen LogP contribution >= 0.6 is 15.9 Å². The summed E-state index contributed by atoms with van der Waals surface area (Å²) < 4.78 is 12.1. The van der Waals surface area contributed by atoms with E-state index < -0.39 is 0 Å². The topological polar surface area (TPSA) is 22.4 Å². The van der Waals surface area contributed by atoms with E-state index in [4.69, 9.17) is 9.15 Å². The lowest BCUT2D eigenvalue weighted by Gasteiger charge is -2.28. The first-order valence-electron chi connectivity index (χ1n) is 5.61. The monoisotopic (exact) mass is 272 g/mol. The minimum atomic E-state index is 0.419. The third-order valence-corrected chi connectivity index (χ3v) is 3.53. The number of hydrogen-bond donors (Lipinski definition) is 0. The molecule has 0 bridgehead atoms. The van der Waals surface area contributed by atoms with Crippen molar-refractivity contribution in [1.29, 1.82) is 0 Å². The molecule has 2 unspecified atom stereocenters. The zero-order valence-corrected chi connectivity index (χ0v) is 10.6. The average molecular weight is 273 g/mol. The summed E-state index contributed by atoms with van der Waals surface area (Å²) >= 11 is 3.29. The first-order valence-corrected chi connectivity index (χ1v) is 6.41. The minimum absolute atomic E-state index is 0.419. The Morgan fingerprint density at radius 3 is 2.87 bits per heavy atom. The predicted molar refractivity (Wildman–Crippen MR) is 62.6 cm³/mol. The molecule has 3 heteroatoms. The van der Waals surface area contributed by atoms with Crippen LogP contribution in [0.2, 0.25) is 0 Å². The second-order valence-electron chi connectivity index (χ2n) is 4.32. The van der Waals surface area contributed by atoms with E-state index in [1.54, 1.807) is 0 Å². The van der Waals surface area contributed by atoms with Gasteiger partial charge >= 0.3 is 0 Å². The molecule has 0 saturated heterocycles. The smallest absolute Gasteiger partial charge is 0.169 e. The molecule has 1 saturated carbocycles. The Labute approximate surface area is 99.1 Å². The second kappa shape index (κ2) is 5.17. The van der Waals surface area contributed by atoms with Gasteiger partial charge in [0.2, 0.25) is 0 Å². The van der Waals surface area contributed by atoms with Crippen molar-refractivity contribution in [1.82, 2.24) is 0 Å². The molecular formula is C12H17BrO2. The summed E-state index contributed by atoms with van der Waals surface area (Å²) in [6.07, 6.45) is 5.57. The maximum Gasteiger partial charge on any atom is 0.169 e. The molecule has 1 fully saturated rings. The van der Waals surface area contributed by atoms with Crippen molar-refractivity contribution >= 4 is 15.9 Å². The fraction of sp³-hybridized carbons (Fsp3) is 0.667. The van der Waals surface area contributed by atoms with E-state index >= 15 is 0 Å². The van der Waals surface area contributed by atoms with Crippen molar-refractivity contribution in [2.24, 2.45) is 5.92 Å². The van der Waals surface area contributed by atoms with Gasteiger partial charge in [0.15, 0.2) is 4.67 Å².